The molecule has 1 aromatic rings. The first-order chi connectivity index (χ1) is 10.0. The average molecular weight is 296 g/mol. The molecule has 0 aromatic heterocycles. The van der Waals surface area contributed by atoms with Gasteiger partial charge in [0.1, 0.15) is 11.6 Å². The normalized spacial score (nSPS) is 25.0. The quantitative estimate of drug-likeness (QED) is 0.887. The van der Waals surface area contributed by atoms with Crippen molar-refractivity contribution in [1.82, 2.24) is 10.2 Å². The Bertz CT molecular complexity index is 444. The predicted molar refractivity (Wildman–Crippen MR) is 82.3 cm³/mol. The third-order valence-corrected chi connectivity index (χ3v) is 4.56. The number of nitrogens with zero attached hydrogens (tertiary/aromatic N) is 1. The molecule has 3 atom stereocenters. The van der Waals surface area contributed by atoms with E-state index in [1.807, 2.05) is 0 Å². The molecule has 1 aliphatic heterocycles. The summed E-state index contributed by atoms with van der Waals surface area (Å²) in [7, 11) is 0. The smallest absolute Gasteiger partial charge is 0.126 e. The lowest BCUT2D eigenvalue weighted by Crippen LogP contribution is -2.47. The van der Waals surface area contributed by atoms with Crippen LogP contribution in [0.4, 0.5) is 8.78 Å². The van der Waals surface area contributed by atoms with E-state index >= 15 is 0 Å². The van der Waals surface area contributed by atoms with Crippen molar-refractivity contribution in [2.45, 2.75) is 58.2 Å². The van der Waals surface area contributed by atoms with Crippen molar-refractivity contribution in [2.24, 2.45) is 0 Å². The van der Waals surface area contributed by atoms with E-state index < -0.39 is 11.6 Å². The fraction of sp³-hybridized carbons (Fsp3) is 0.647. The number of halogens is 2. The van der Waals surface area contributed by atoms with Crippen molar-refractivity contribution in [3.63, 3.8) is 0 Å². The Morgan fingerprint density at radius 2 is 1.90 bits per heavy atom. The van der Waals surface area contributed by atoms with Gasteiger partial charge in [-0.2, -0.15) is 0 Å². The molecule has 0 saturated carbocycles. The van der Waals surface area contributed by atoms with Crippen LogP contribution < -0.4 is 5.32 Å². The summed E-state index contributed by atoms with van der Waals surface area (Å²) in [5.74, 6) is -0.973. The van der Waals surface area contributed by atoms with Gasteiger partial charge in [0, 0.05) is 30.7 Å². The Balaban J connectivity index is 2.27. The van der Waals surface area contributed by atoms with Crippen LogP contribution in [0.25, 0.3) is 0 Å². The predicted octanol–water partition coefficient (Wildman–Crippen LogP) is 3.88. The minimum atomic E-state index is -0.486. The first-order valence-corrected chi connectivity index (χ1v) is 8.00. The summed E-state index contributed by atoms with van der Waals surface area (Å²) in [6, 6.07) is 4.84. The van der Waals surface area contributed by atoms with Gasteiger partial charge in [0.25, 0.3) is 0 Å². The lowest BCUT2D eigenvalue weighted by atomic mass is 9.90. The number of hydrogen-bond acceptors (Lipinski definition) is 2. The number of benzene rings is 1. The maximum absolute atomic E-state index is 13.6. The van der Waals surface area contributed by atoms with Gasteiger partial charge in [-0.3, -0.25) is 4.90 Å². The van der Waals surface area contributed by atoms with Crippen LogP contribution in [-0.2, 0) is 0 Å². The molecule has 0 amide bonds. The fourth-order valence-corrected chi connectivity index (χ4v) is 3.31. The molecular weight excluding hydrogens is 270 g/mol. The number of hydrogen-bond donors (Lipinski definition) is 1. The zero-order valence-corrected chi connectivity index (χ0v) is 13.2. The van der Waals surface area contributed by atoms with Gasteiger partial charge in [-0.1, -0.05) is 13.8 Å². The molecule has 1 heterocycles. The summed E-state index contributed by atoms with van der Waals surface area (Å²) in [6.07, 6.45) is 3.04. The van der Waals surface area contributed by atoms with Crippen molar-refractivity contribution in [3.8, 4) is 0 Å². The van der Waals surface area contributed by atoms with E-state index in [1.54, 1.807) is 0 Å². The number of nitrogens with one attached hydrogen (secondary N) is 1. The molecule has 2 rings (SSSR count). The summed E-state index contributed by atoms with van der Waals surface area (Å²) < 4.78 is 27.1. The maximum Gasteiger partial charge on any atom is 0.126 e. The topological polar surface area (TPSA) is 15.3 Å². The summed E-state index contributed by atoms with van der Waals surface area (Å²) >= 11 is 0. The molecule has 4 heteroatoms. The van der Waals surface area contributed by atoms with Gasteiger partial charge in [-0.15, -0.1) is 0 Å². The van der Waals surface area contributed by atoms with Gasteiger partial charge in [-0.25, -0.2) is 8.78 Å². The zero-order chi connectivity index (χ0) is 15.4. The Morgan fingerprint density at radius 1 is 1.24 bits per heavy atom. The zero-order valence-electron chi connectivity index (χ0n) is 13.2. The first-order valence-electron chi connectivity index (χ1n) is 8.00. The van der Waals surface area contributed by atoms with Crippen molar-refractivity contribution < 1.29 is 8.78 Å². The summed E-state index contributed by atoms with van der Waals surface area (Å²) in [5.41, 5.74) is 0.760. The van der Waals surface area contributed by atoms with Crippen LogP contribution in [0.5, 0.6) is 0 Å². The molecule has 0 aliphatic carbocycles. The minimum absolute atomic E-state index is 0.0861. The molecule has 1 fully saturated rings. The van der Waals surface area contributed by atoms with Gasteiger partial charge in [0.15, 0.2) is 0 Å². The van der Waals surface area contributed by atoms with Crippen LogP contribution in [0.15, 0.2) is 18.2 Å². The van der Waals surface area contributed by atoms with Crippen molar-refractivity contribution in [2.75, 3.05) is 13.1 Å². The van der Waals surface area contributed by atoms with Crippen molar-refractivity contribution in [3.05, 3.63) is 35.4 Å². The highest BCUT2D eigenvalue weighted by molar-refractivity contribution is 5.22. The molecule has 0 spiro atoms. The summed E-state index contributed by atoms with van der Waals surface area (Å²) in [5, 5.41) is 3.48. The standard InChI is InChI=1S/C17H26F2N2/c1-4-12(3)21-7-6-16(20-5-2)11-17(21)13-8-14(18)10-15(19)9-13/h8-10,12,16-17,20H,4-7,11H2,1-3H3. The molecule has 118 valence electrons. The Labute approximate surface area is 126 Å². The van der Waals surface area contributed by atoms with Crippen LogP contribution in [-0.4, -0.2) is 30.1 Å². The van der Waals surface area contributed by atoms with Gasteiger partial charge >= 0.3 is 0 Å². The van der Waals surface area contributed by atoms with Gasteiger partial charge in [-0.05, 0) is 50.4 Å². The molecule has 3 unspecified atom stereocenters. The second kappa shape index (κ2) is 7.32. The molecule has 1 aliphatic rings. The van der Waals surface area contributed by atoms with Gasteiger partial charge < -0.3 is 5.32 Å². The van der Waals surface area contributed by atoms with Crippen LogP contribution in [0, 0.1) is 11.6 Å². The number of rotatable bonds is 5. The molecule has 2 nitrogen and oxygen atoms in total. The Kier molecular flexibility index (Phi) is 5.71. The third kappa shape index (κ3) is 4.01. The lowest BCUT2D eigenvalue weighted by molar-refractivity contribution is 0.0829. The van der Waals surface area contributed by atoms with Crippen LogP contribution in [0.2, 0.25) is 0 Å². The first kappa shape index (κ1) is 16.4. The number of likely N-dealkylation sites (tertiary alicyclic amines) is 1. The third-order valence-electron chi connectivity index (χ3n) is 4.56. The monoisotopic (exact) mass is 296 g/mol. The fourth-order valence-electron chi connectivity index (χ4n) is 3.31. The van der Waals surface area contributed by atoms with E-state index in [1.165, 1.54) is 12.1 Å². The van der Waals surface area contributed by atoms with Crippen molar-refractivity contribution >= 4 is 0 Å². The molecule has 1 N–H and O–H groups in total. The van der Waals surface area contributed by atoms with Crippen LogP contribution in [0.1, 0.15) is 51.6 Å². The maximum atomic E-state index is 13.6. The van der Waals surface area contributed by atoms with Crippen molar-refractivity contribution in [1.29, 1.82) is 0 Å². The molecule has 1 saturated heterocycles. The van der Waals surface area contributed by atoms with Gasteiger partial charge in [0.2, 0.25) is 0 Å². The largest absolute Gasteiger partial charge is 0.314 e. The second-order valence-corrected chi connectivity index (χ2v) is 5.99. The molecule has 1 aromatic carbocycles. The minimum Gasteiger partial charge on any atom is -0.314 e. The second-order valence-electron chi connectivity index (χ2n) is 5.99. The van der Waals surface area contributed by atoms with E-state index in [0.29, 0.717) is 12.1 Å². The van der Waals surface area contributed by atoms with E-state index in [9.17, 15) is 8.78 Å². The highest BCUT2D eigenvalue weighted by Crippen LogP contribution is 2.34. The highest BCUT2D eigenvalue weighted by Gasteiger charge is 2.31. The van der Waals surface area contributed by atoms with E-state index in [0.717, 1.165) is 44.0 Å². The Hall–Kier alpha value is -1.00. The number of piperidine rings is 1. The van der Waals surface area contributed by atoms with E-state index in [-0.39, 0.29) is 6.04 Å². The van der Waals surface area contributed by atoms with Crippen LogP contribution >= 0.6 is 0 Å². The molecule has 0 radical (unpaired) electrons. The lowest BCUT2D eigenvalue weighted by Gasteiger charge is -2.43. The SMILES string of the molecule is CCNC1CCN(C(C)CC)C(c2cc(F)cc(F)c2)C1. The molecule has 0 bridgehead atoms. The van der Waals surface area contributed by atoms with Gasteiger partial charge in [0.05, 0.1) is 0 Å². The highest BCUT2D eigenvalue weighted by atomic mass is 19.1. The Morgan fingerprint density at radius 3 is 2.48 bits per heavy atom. The van der Waals surface area contributed by atoms with E-state index in [4.69, 9.17) is 0 Å². The summed E-state index contributed by atoms with van der Waals surface area (Å²) in [4.78, 5) is 2.39. The van der Waals surface area contributed by atoms with Crippen LogP contribution in [0.3, 0.4) is 0 Å². The molecular formula is C17H26F2N2. The van der Waals surface area contributed by atoms with E-state index in [2.05, 4.69) is 31.0 Å². The summed E-state index contributed by atoms with van der Waals surface area (Å²) in [6.45, 7) is 8.34. The average Bonchev–Trinajstić information content (AvgIpc) is 2.45. The molecule has 21 heavy (non-hydrogen) atoms.